The van der Waals surface area contributed by atoms with Gasteiger partial charge in [-0.1, -0.05) is 30.3 Å². The van der Waals surface area contributed by atoms with Crippen molar-refractivity contribution in [3.8, 4) is 0 Å². The van der Waals surface area contributed by atoms with Crippen LogP contribution in [0.15, 0.2) is 30.3 Å². The van der Waals surface area contributed by atoms with Crippen LogP contribution in [0.5, 0.6) is 0 Å². The lowest BCUT2D eigenvalue weighted by molar-refractivity contribution is -0.200. The summed E-state index contributed by atoms with van der Waals surface area (Å²) in [7, 11) is 0. The van der Waals surface area contributed by atoms with Crippen molar-refractivity contribution in [2.75, 3.05) is 19.8 Å². The summed E-state index contributed by atoms with van der Waals surface area (Å²) in [5.74, 6) is -0.471. The summed E-state index contributed by atoms with van der Waals surface area (Å²) < 4.78 is 17.0. The SMILES string of the molecule is CCOC(=O)C1(CCCc2ccccc2)CCC2(CC1)OCCO2. The Kier molecular flexibility index (Phi) is 5.57. The molecule has 1 saturated heterocycles. The quantitative estimate of drug-likeness (QED) is 0.742. The van der Waals surface area contributed by atoms with Crippen LogP contribution in [0.4, 0.5) is 0 Å². The average molecular weight is 332 g/mol. The van der Waals surface area contributed by atoms with Crippen molar-refractivity contribution >= 4 is 5.97 Å². The van der Waals surface area contributed by atoms with Crippen LogP contribution in [-0.4, -0.2) is 31.6 Å². The maximum atomic E-state index is 12.7. The molecule has 2 aliphatic rings. The predicted octanol–water partition coefficient (Wildman–Crippen LogP) is 3.88. The Hall–Kier alpha value is -1.39. The van der Waals surface area contributed by atoms with E-state index in [-0.39, 0.29) is 11.4 Å². The van der Waals surface area contributed by atoms with Gasteiger partial charge in [-0.3, -0.25) is 4.79 Å². The van der Waals surface area contributed by atoms with Gasteiger partial charge in [0.1, 0.15) is 0 Å². The number of aryl methyl sites for hydroxylation is 1. The summed E-state index contributed by atoms with van der Waals surface area (Å²) in [4.78, 5) is 12.7. The first-order chi connectivity index (χ1) is 11.7. The van der Waals surface area contributed by atoms with E-state index < -0.39 is 5.79 Å². The second-order valence-corrected chi connectivity index (χ2v) is 6.95. The minimum absolute atomic E-state index is 0.0362. The Morgan fingerprint density at radius 1 is 1.08 bits per heavy atom. The third-order valence-electron chi connectivity index (χ3n) is 5.45. The van der Waals surface area contributed by atoms with Gasteiger partial charge < -0.3 is 14.2 Å². The fourth-order valence-corrected chi connectivity index (χ4v) is 4.01. The highest BCUT2D eigenvalue weighted by atomic mass is 16.7. The molecule has 4 nitrogen and oxygen atoms in total. The average Bonchev–Trinajstić information content (AvgIpc) is 3.07. The zero-order valence-electron chi connectivity index (χ0n) is 14.6. The van der Waals surface area contributed by atoms with Gasteiger partial charge in [-0.15, -0.1) is 0 Å². The van der Waals surface area contributed by atoms with E-state index >= 15 is 0 Å². The predicted molar refractivity (Wildman–Crippen MR) is 91.5 cm³/mol. The molecule has 1 saturated carbocycles. The number of ether oxygens (including phenoxy) is 3. The molecule has 1 heterocycles. The standard InChI is InChI=1S/C20H28O4/c1-2-22-18(21)19(10-6-9-17-7-4-3-5-8-17)11-13-20(14-12-19)23-15-16-24-20/h3-5,7-8H,2,6,9-16H2,1H3. The van der Waals surface area contributed by atoms with Crippen LogP contribution >= 0.6 is 0 Å². The minimum atomic E-state index is -0.435. The molecule has 1 spiro atoms. The van der Waals surface area contributed by atoms with Crippen molar-refractivity contribution in [2.24, 2.45) is 5.41 Å². The molecule has 2 fully saturated rings. The van der Waals surface area contributed by atoms with Crippen molar-refractivity contribution in [3.05, 3.63) is 35.9 Å². The molecule has 1 aromatic rings. The second kappa shape index (κ2) is 7.66. The van der Waals surface area contributed by atoms with Crippen molar-refractivity contribution in [3.63, 3.8) is 0 Å². The third-order valence-corrected chi connectivity index (χ3v) is 5.45. The maximum absolute atomic E-state index is 12.7. The van der Waals surface area contributed by atoms with E-state index in [9.17, 15) is 4.79 Å². The van der Waals surface area contributed by atoms with Crippen molar-refractivity contribution < 1.29 is 19.0 Å². The zero-order chi connectivity index (χ0) is 16.9. The van der Waals surface area contributed by atoms with Gasteiger partial charge in [-0.25, -0.2) is 0 Å². The molecule has 1 aliphatic carbocycles. The number of esters is 1. The highest BCUT2D eigenvalue weighted by molar-refractivity contribution is 5.77. The smallest absolute Gasteiger partial charge is 0.312 e. The molecule has 0 atom stereocenters. The minimum Gasteiger partial charge on any atom is -0.466 e. The van der Waals surface area contributed by atoms with Crippen LogP contribution in [0.3, 0.4) is 0 Å². The Balaban J connectivity index is 1.62. The molecular formula is C20H28O4. The number of carbonyl (C=O) groups excluding carboxylic acids is 1. The number of carbonyl (C=O) groups is 1. The van der Waals surface area contributed by atoms with Crippen LogP contribution < -0.4 is 0 Å². The zero-order valence-corrected chi connectivity index (χ0v) is 14.6. The van der Waals surface area contributed by atoms with Gasteiger partial charge >= 0.3 is 5.97 Å². The monoisotopic (exact) mass is 332 g/mol. The van der Waals surface area contributed by atoms with E-state index in [1.807, 2.05) is 13.0 Å². The molecule has 24 heavy (non-hydrogen) atoms. The first kappa shape index (κ1) is 17.4. The molecular weight excluding hydrogens is 304 g/mol. The second-order valence-electron chi connectivity index (χ2n) is 6.95. The van der Waals surface area contributed by atoms with Crippen molar-refractivity contribution in [1.82, 2.24) is 0 Å². The molecule has 0 N–H and O–H groups in total. The lowest BCUT2D eigenvalue weighted by Crippen LogP contribution is -2.44. The van der Waals surface area contributed by atoms with Gasteiger partial charge in [0.2, 0.25) is 0 Å². The normalized spacial score (nSPS) is 21.7. The fourth-order valence-electron chi connectivity index (χ4n) is 4.01. The summed E-state index contributed by atoms with van der Waals surface area (Å²) in [6.07, 6.45) is 6.03. The summed E-state index contributed by atoms with van der Waals surface area (Å²) in [5, 5.41) is 0. The summed E-state index contributed by atoms with van der Waals surface area (Å²) in [5.41, 5.74) is 0.956. The molecule has 0 bridgehead atoms. The van der Waals surface area contributed by atoms with E-state index in [1.165, 1.54) is 5.56 Å². The molecule has 132 valence electrons. The van der Waals surface area contributed by atoms with Crippen LogP contribution in [0.2, 0.25) is 0 Å². The topological polar surface area (TPSA) is 44.8 Å². The Labute approximate surface area is 144 Å². The lowest BCUT2D eigenvalue weighted by atomic mass is 9.69. The Morgan fingerprint density at radius 3 is 2.38 bits per heavy atom. The van der Waals surface area contributed by atoms with Gasteiger partial charge in [-0.05, 0) is 44.6 Å². The third kappa shape index (κ3) is 3.81. The van der Waals surface area contributed by atoms with Gasteiger partial charge in [-0.2, -0.15) is 0 Å². The van der Waals surface area contributed by atoms with Gasteiger partial charge in [0.05, 0.1) is 25.2 Å². The van der Waals surface area contributed by atoms with Gasteiger partial charge in [0, 0.05) is 12.8 Å². The molecule has 1 aliphatic heterocycles. The van der Waals surface area contributed by atoms with E-state index in [1.54, 1.807) is 0 Å². The highest BCUT2D eigenvalue weighted by Crippen LogP contribution is 2.48. The summed E-state index contributed by atoms with van der Waals surface area (Å²) in [6, 6.07) is 10.5. The van der Waals surface area contributed by atoms with E-state index in [2.05, 4.69) is 24.3 Å². The van der Waals surface area contributed by atoms with E-state index in [0.717, 1.165) is 44.9 Å². The van der Waals surface area contributed by atoms with E-state index in [4.69, 9.17) is 14.2 Å². The first-order valence-corrected chi connectivity index (χ1v) is 9.17. The van der Waals surface area contributed by atoms with Gasteiger partial charge in [0.15, 0.2) is 5.79 Å². The summed E-state index contributed by atoms with van der Waals surface area (Å²) >= 11 is 0. The van der Waals surface area contributed by atoms with Crippen LogP contribution in [0.1, 0.15) is 51.0 Å². The molecule has 1 aromatic carbocycles. The molecule has 0 aromatic heterocycles. The molecule has 0 amide bonds. The number of hydrogen-bond acceptors (Lipinski definition) is 4. The van der Waals surface area contributed by atoms with Crippen molar-refractivity contribution in [2.45, 2.75) is 57.7 Å². The highest BCUT2D eigenvalue weighted by Gasteiger charge is 2.50. The molecule has 3 rings (SSSR count). The largest absolute Gasteiger partial charge is 0.466 e. The first-order valence-electron chi connectivity index (χ1n) is 9.17. The van der Waals surface area contributed by atoms with E-state index in [0.29, 0.717) is 19.8 Å². The number of benzene rings is 1. The van der Waals surface area contributed by atoms with Crippen molar-refractivity contribution in [1.29, 1.82) is 0 Å². The maximum Gasteiger partial charge on any atom is 0.312 e. The van der Waals surface area contributed by atoms with Crippen LogP contribution in [0.25, 0.3) is 0 Å². The van der Waals surface area contributed by atoms with Crippen LogP contribution in [0, 0.1) is 5.41 Å². The Bertz CT molecular complexity index is 524. The number of rotatable bonds is 6. The van der Waals surface area contributed by atoms with Gasteiger partial charge in [0.25, 0.3) is 0 Å². The summed E-state index contributed by atoms with van der Waals surface area (Å²) in [6.45, 7) is 3.65. The number of hydrogen-bond donors (Lipinski definition) is 0. The lowest BCUT2D eigenvalue weighted by Gasteiger charge is -2.42. The molecule has 4 heteroatoms. The fraction of sp³-hybridized carbons (Fsp3) is 0.650. The molecule has 0 radical (unpaired) electrons. The van der Waals surface area contributed by atoms with Crippen LogP contribution in [-0.2, 0) is 25.4 Å². The Morgan fingerprint density at radius 2 is 1.75 bits per heavy atom. The molecule has 0 unspecified atom stereocenters.